The van der Waals surface area contributed by atoms with Crippen LogP contribution in [0, 0.1) is 6.92 Å². The van der Waals surface area contributed by atoms with Gasteiger partial charge in [0.15, 0.2) is 5.82 Å². The minimum absolute atomic E-state index is 0.645. The zero-order valence-electron chi connectivity index (χ0n) is 10.7. The molecule has 1 saturated heterocycles. The smallest absolute Gasteiger partial charge is 0.227 e. The molecule has 0 radical (unpaired) electrons. The maximum absolute atomic E-state index is 5.92. The van der Waals surface area contributed by atoms with Crippen molar-refractivity contribution in [3.8, 4) is 0 Å². The van der Waals surface area contributed by atoms with E-state index >= 15 is 0 Å². The van der Waals surface area contributed by atoms with E-state index in [1.807, 2.05) is 14.0 Å². The molecule has 0 amide bonds. The Labute approximate surface area is 102 Å². The number of nitrogen functional groups attached to an aromatic ring is 1. The molecule has 0 aromatic carbocycles. The highest BCUT2D eigenvalue weighted by Gasteiger charge is 2.15. The lowest BCUT2D eigenvalue weighted by atomic mass is 10.2. The summed E-state index contributed by atoms with van der Waals surface area (Å²) in [5.74, 6) is 1.54. The molecule has 0 atom stereocenters. The van der Waals surface area contributed by atoms with Crippen LogP contribution in [0.4, 0.5) is 17.5 Å². The second-order valence-electron chi connectivity index (χ2n) is 4.52. The molecule has 0 unspecified atom stereocenters. The van der Waals surface area contributed by atoms with Crippen molar-refractivity contribution < 1.29 is 0 Å². The van der Waals surface area contributed by atoms with Gasteiger partial charge in [0.05, 0.1) is 11.4 Å². The van der Waals surface area contributed by atoms with Gasteiger partial charge in [0, 0.05) is 20.1 Å². The second kappa shape index (κ2) is 5.21. The lowest BCUT2D eigenvalue weighted by molar-refractivity contribution is 0.726. The normalized spacial score (nSPS) is 16.7. The Morgan fingerprint density at radius 1 is 1.12 bits per heavy atom. The Hall–Kier alpha value is -1.52. The Balaban J connectivity index is 2.27. The number of hydrogen-bond donors (Lipinski definition) is 2. The van der Waals surface area contributed by atoms with Crippen molar-refractivity contribution in [1.29, 1.82) is 0 Å². The molecule has 0 aliphatic carbocycles. The van der Waals surface area contributed by atoms with Gasteiger partial charge in [-0.1, -0.05) is 12.8 Å². The van der Waals surface area contributed by atoms with Gasteiger partial charge in [0.2, 0.25) is 5.95 Å². The average Bonchev–Trinajstić information content (AvgIpc) is 2.61. The minimum Gasteiger partial charge on any atom is -0.394 e. The molecule has 5 heteroatoms. The SMILES string of the molecule is CNc1nc(N2CCCCCC2)nc(C)c1N. The van der Waals surface area contributed by atoms with Crippen LogP contribution in [0.25, 0.3) is 0 Å². The predicted molar refractivity (Wildman–Crippen MR) is 71.4 cm³/mol. The molecule has 1 aliphatic heterocycles. The number of rotatable bonds is 2. The van der Waals surface area contributed by atoms with Crippen molar-refractivity contribution >= 4 is 17.5 Å². The first kappa shape index (κ1) is 12.0. The van der Waals surface area contributed by atoms with Crippen LogP contribution < -0.4 is 16.0 Å². The number of aromatic nitrogens is 2. The second-order valence-corrected chi connectivity index (χ2v) is 4.52. The summed E-state index contributed by atoms with van der Waals surface area (Å²) in [7, 11) is 1.84. The third-order valence-corrected chi connectivity index (χ3v) is 3.25. The summed E-state index contributed by atoms with van der Waals surface area (Å²) < 4.78 is 0. The van der Waals surface area contributed by atoms with E-state index in [-0.39, 0.29) is 0 Å². The molecule has 1 fully saturated rings. The molecule has 94 valence electrons. The van der Waals surface area contributed by atoms with Gasteiger partial charge in [0.25, 0.3) is 0 Å². The third kappa shape index (κ3) is 2.60. The molecular weight excluding hydrogens is 214 g/mol. The Kier molecular flexibility index (Phi) is 3.66. The zero-order chi connectivity index (χ0) is 12.3. The van der Waals surface area contributed by atoms with Gasteiger partial charge >= 0.3 is 0 Å². The molecule has 0 spiro atoms. The van der Waals surface area contributed by atoms with E-state index in [4.69, 9.17) is 5.73 Å². The molecule has 3 N–H and O–H groups in total. The Morgan fingerprint density at radius 2 is 1.76 bits per heavy atom. The first-order valence-electron chi connectivity index (χ1n) is 6.29. The van der Waals surface area contributed by atoms with E-state index < -0.39 is 0 Å². The first-order chi connectivity index (χ1) is 8.22. The monoisotopic (exact) mass is 235 g/mol. The lowest BCUT2D eigenvalue weighted by Gasteiger charge is -2.21. The lowest BCUT2D eigenvalue weighted by Crippen LogP contribution is -2.26. The largest absolute Gasteiger partial charge is 0.394 e. The number of anilines is 3. The fourth-order valence-electron chi connectivity index (χ4n) is 2.17. The van der Waals surface area contributed by atoms with Crippen molar-refractivity contribution in [1.82, 2.24) is 9.97 Å². The quantitative estimate of drug-likeness (QED) is 0.818. The van der Waals surface area contributed by atoms with Gasteiger partial charge in [-0.15, -0.1) is 0 Å². The molecule has 0 saturated carbocycles. The maximum Gasteiger partial charge on any atom is 0.227 e. The Morgan fingerprint density at radius 3 is 2.35 bits per heavy atom. The zero-order valence-corrected chi connectivity index (χ0v) is 10.7. The van der Waals surface area contributed by atoms with Crippen LogP contribution in [0.1, 0.15) is 31.4 Å². The predicted octanol–water partition coefficient (Wildman–Crippen LogP) is 1.79. The topological polar surface area (TPSA) is 67.1 Å². The first-order valence-corrected chi connectivity index (χ1v) is 6.29. The van der Waals surface area contributed by atoms with E-state index in [9.17, 15) is 0 Å². The van der Waals surface area contributed by atoms with Crippen LogP contribution in [0.5, 0.6) is 0 Å². The molecule has 2 heterocycles. The fraction of sp³-hybridized carbons (Fsp3) is 0.667. The number of hydrogen-bond acceptors (Lipinski definition) is 5. The van der Waals surface area contributed by atoms with E-state index in [1.165, 1.54) is 25.7 Å². The van der Waals surface area contributed by atoms with Gasteiger partial charge in [-0.2, -0.15) is 4.98 Å². The minimum atomic E-state index is 0.645. The maximum atomic E-state index is 5.92. The van der Waals surface area contributed by atoms with Crippen molar-refractivity contribution in [2.24, 2.45) is 0 Å². The number of nitrogens with zero attached hydrogens (tertiary/aromatic N) is 3. The summed E-state index contributed by atoms with van der Waals surface area (Å²) in [6, 6.07) is 0. The van der Waals surface area contributed by atoms with Gasteiger partial charge in [-0.3, -0.25) is 0 Å². The van der Waals surface area contributed by atoms with Gasteiger partial charge < -0.3 is 16.0 Å². The fourth-order valence-corrected chi connectivity index (χ4v) is 2.17. The van der Waals surface area contributed by atoms with Crippen LogP contribution in [0.2, 0.25) is 0 Å². The van der Waals surface area contributed by atoms with Crippen LogP contribution in [-0.4, -0.2) is 30.1 Å². The van der Waals surface area contributed by atoms with Crippen molar-refractivity contribution in [3.05, 3.63) is 5.69 Å². The van der Waals surface area contributed by atoms with Gasteiger partial charge in [-0.25, -0.2) is 4.98 Å². The number of aryl methyl sites for hydroxylation is 1. The van der Waals surface area contributed by atoms with Crippen LogP contribution in [-0.2, 0) is 0 Å². The van der Waals surface area contributed by atoms with Crippen molar-refractivity contribution in [3.63, 3.8) is 0 Å². The van der Waals surface area contributed by atoms with Crippen molar-refractivity contribution in [2.45, 2.75) is 32.6 Å². The standard InChI is InChI=1S/C12H21N5/c1-9-10(13)11(14-2)16-12(15-9)17-7-5-3-4-6-8-17/h3-8,13H2,1-2H3,(H,14,15,16). The third-order valence-electron chi connectivity index (χ3n) is 3.25. The highest BCUT2D eigenvalue weighted by molar-refractivity contribution is 5.65. The molecule has 1 aromatic heterocycles. The highest BCUT2D eigenvalue weighted by atomic mass is 15.3. The number of nitrogens with one attached hydrogen (secondary N) is 1. The molecule has 1 aliphatic rings. The summed E-state index contributed by atoms with van der Waals surface area (Å²) in [4.78, 5) is 11.3. The molecule has 1 aromatic rings. The van der Waals surface area contributed by atoms with E-state index in [0.29, 0.717) is 5.69 Å². The van der Waals surface area contributed by atoms with Crippen LogP contribution in [0.3, 0.4) is 0 Å². The van der Waals surface area contributed by atoms with Crippen LogP contribution >= 0.6 is 0 Å². The van der Waals surface area contributed by atoms with Crippen molar-refractivity contribution in [2.75, 3.05) is 36.1 Å². The van der Waals surface area contributed by atoms with E-state index in [1.54, 1.807) is 0 Å². The molecule has 2 rings (SSSR count). The van der Waals surface area contributed by atoms with Crippen LogP contribution in [0.15, 0.2) is 0 Å². The molecule has 5 nitrogen and oxygen atoms in total. The summed E-state index contributed by atoms with van der Waals surface area (Å²) >= 11 is 0. The Bertz CT molecular complexity index is 383. The summed E-state index contributed by atoms with van der Waals surface area (Å²) in [5.41, 5.74) is 7.41. The summed E-state index contributed by atoms with van der Waals surface area (Å²) in [5, 5.41) is 3.03. The molecule has 17 heavy (non-hydrogen) atoms. The van der Waals surface area contributed by atoms with E-state index in [2.05, 4.69) is 20.2 Å². The van der Waals surface area contributed by atoms with Gasteiger partial charge in [0.1, 0.15) is 0 Å². The average molecular weight is 235 g/mol. The highest BCUT2D eigenvalue weighted by Crippen LogP contribution is 2.23. The summed E-state index contributed by atoms with van der Waals surface area (Å²) in [6.07, 6.45) is 5.07. The molecule has 0 bridgehead atoms. The van der Waals surface area contributed by atoms with Gasteiger partial charge in [-0.05, 0) is 19.8 Å². The van der Waals surface area contributed by atoms with E-state index in [0.717, 1.165) is 30.5 Å². The molecular formula is C12H21N5. The summed E-state index contributed by atoms with van der Waals surface area (Å²) in [6.45, 7) is 4.03. The number of nitrogens with two attached hydrogens (primary N) is 1.